The summed E-state index contributed by atoms with van der Waals surface area (Å²) in [5, 5.41) is 11.0. The van der Waals surface area contributed by atoms with E-state index in [9.17, 15) is 4.79 Å². The van der Waals surface area contributed by atoms with Crippen LogP contribution < -0.4 is 11.1 Å². The molecule has 0 aliphatic carbocycles. The minimum atomic E-state index is -0.379. The summed E-state index contributed by atoms with van der Waals surface area (Å²) in [7, 11) is 0. The van der Waals surface area contributed by atoms with E-state index in [4.69, 9.17) is 15.9 Å². The number of nitrogen functional groups attached to an aromatic ring is 1. The van der Waals surface area contributed by atoms with Crippen molar-refractivity contribution < 1.29 is 9.53 Å². The highest BCUT2D eigenvalue weighted by molar-refractivity contribution is 6.01. The first-order chi connectivity index (χ1) is 9.60. The maximum absolute atomic E-state index is 11.2. The lowest BCUT2D eigenvalue weighted by Gasteiger charge is -2.38. The molecule has 106 valence electrons. The van der Waals surface area contributed by atoms with Crippen molar-refractivity contribution in [3.63, 3.8) is 0 Å². The van der Waals surface area contributed by atoms with Gasteiger partial charge in [-0.15, -0.1) is 0 Å². The molecule has 0 saturated carbocycles. The molecular weight excluding hydrogens is 256 g/mol. The van der Waals surface area contributed by atoms with E-state index in [0.717, 1.165) is 18.4 Å². The Labute approximate surface area is 117 Å². The maximum Gasteiger partial charge on any atom is 0.407 e. The molecule has 0 radical (unpaired) electrons. The minimum Gasteiger partial charge on any atom is -0.441 e. The van der Waals surface area contributed by atoms with Crippen LogP contribution in [0.4, 0.5) is 10.5 Å². The van der Waals surface area contributed by atoms with Crippen LogP contribution in [0.3, 0.4) is 0 Å². The van der Waals surface area contributed by atoms with Crippen LogP contribution in [0.15, 0.2) is 24.3 Å². The second-order valence-corrected chi connectivity index (χ2v) is 5.35. The number of carbonyl (C=O) groups is 1. The van der Waals surface area contributed by atoms with Crippen LogP contribution in [0.5, 0.6) is 0 Å². The first-order valence-corrected chi connectivity index (χ1v) is 6.75. The molecule has 2 saturated heterocycles. The predicted molar refractivity (Wildman–Crippen MR) is 75.7 cm³/mol. The van der Waals surface area contributed by atoms with Crippen LogP contribution in [0, 0.1) is 5.41 Å². The number of likely N-dealkylation sites (tertiary alicyclic amines) is 1. The lowest BCUT2D eigenvalue weighted by Crippen LogP contribution is -2.48. The molecule has 1 aromatic carbocycles. The van der Waals surface area contributed by atoms with Crippen molar-refractivity contribution >= 4 is 17.6 Å². The summed E-state index contributed by atoms with van der Waals surface area (Å²) in [4.78, 5) is 13.2. The molecule has 0 aromatic heterocycles. The fourth-order valence-electron chi connectivity index (χ4n) is 2.80. The van der Waals surface area contributed by atoms with Crippen molar-refractivity contribution in [2.75, 3.05) is 25.4 Å². The topological polar surface area (TPSA) is 91.4 Å². The summed E-state index contributed by atoms with van der Waals surface area (Å²) in [6.45, 7) is 1.96. The van der Waals surface area contributed by atoms with Crippen LogP contribution in [0.2, 0.25) is 0 Å². The Hall–Kier alpha value is -2.24. The Balaban J connectivity index is 1.68. The second-order valence-electron chi connectivity index (χ2n) is 5.35. The summed E-state index contributed by atoms with van der Waals surface area (Å²) in [5.74, 6) is 0.440. The number of ether oxygens (including phenoxy) is 1. The Kier molecular flexibility index (Phi) is 3.00. The molecule has 2 fully saturated rings. The van der Waals surface area contributed by atoms with Gasteiger partial charge in [0.1, 0.15) is 11.4 Å². The first-order valence-electron chi connectivity index (χ1n) is 6.75. The van der Waals surface area contributed by atoms with Gasteiger partial charge in [0.05, 0.1) is 6.54 Å². The van der Waals surface area contributed by atoms with Gasteiger partial charge in [-0.3, -0.25) is 5.41 Å². The first kappa shape index (κ1) is 12.8. The summed E-state index contributed by atoms with van der Waals surface area (Å²) in [6, 6.07) is 7.41. The number of rotatable bonds is 1. The highest BCUT2D eigenvalue weighted by atomic mass is 16.6. The van der Waals surface area contributed by atoms with E-state index >= 15 is 0 Å². The SMILES string of the molecule is N=C(c1ccccc1N)N1CCC2(CC1)CNC(=O)O2. The molecule has 0 atom stereocenters. The number of para-hydroxylation sites is 1. The summed E-state index contributed by atoms with van der Waals surface area (Å²) >= 11 is 0. The van der Waals surface area contributed by atoms with E-state index in [-0.39, 0.29) is 11.7 Å². The van der Waals surface area contributed by atoms with Crippen molar-refractivity contribution in [2.45, 2.75) is 18.4 Å². The molecule has 2 aliphatic heterocycles. The largest absolute Gasteiger partial charge is 0.441 e. The van der Waals surface area contributed by atoms with Gasteiger partial charge in [-0.2, -0.15) is 0 Å². The van der Waals surface area contributed by atoms with Gasteiger partial charge in [-0.05, 0) is 12.1 Å². The number of amides is 1. The van der Waals surface area contributed by atoms with Crippen molar-refractivity contribution in [1.82, 2.24) is 10.2 Å². The maximum atomic E-state index is 11.2. The molecule has 20 heavy (non-hydrogen) atoms. The Bertz CT molecular complexity index is 550. The van der Waals surface area contributed by atoms with Gasteiger partial charge in [0.2, 0.25) is 0 Å². The number of hydrogen-bond donors (Lipinski definition) is 3. The van der Waals surface area contributed by atoms with E-state index in [1.54, 1.807) is 6.07 Å². The van der Waals surface area contributed by atoms with Crippen LogP contribution in [-0.4, -0.2) is 42.1 Å². The number of anilines is 1. The van der Waals surface area contributed by atoms with Gasteiger partial charge in [0.25, 0.3) is 0 Å². The summed E-state index contributed by atoms with van der Waals surface area (Å²) in [5.41, 5.74) is 6.91. The second kappa shape index (κ2) is 4.70. The molecule has 6 nitrogen and oxygen atoms in total. The van der Waals surface area contributed by atoms with Gasteiger partial charge in [0, 0.05) is 37.2 Å². The number of amidine groups is 1. The quantitative estimate of drug-likeness (QED) is 0.407. The number of nitrogens with zero attached hydrogens (tertiary/aromatic N) is 1. The Morgan fingerprint density at radius 1 is 1.35 bits per heavy atom. The fourth-order valence-corrected chi connectivity index (χ4v) is 2.80. The van der Waals surface area contributed by atoms with Gasteiger partial charge >= 0.3 is 6.09 Å². The van der Waals surface area contributed by atoms with Crippen molar-refractivity contribution in [2.24, 2.45) is 0 Å². The van der Waals surface area contributed by atoms with E-state index in [1.165, 1.54) is 0 Å². The monoisotopic (exact) mass is 274 g/mol. The minimum absolute atomic E-state index is 0.333. The lowest BCUT2D eigenvalue weighted by atomic mass is 9.91. The van der Waals surface area contributed by atoms with E-state index in [2.05, 4.69) is 5.32 Å². The lowest BCUT2D eigenvalue weighted by molar-refractivity contribution is 0.0149. The molecule has 2 aliphatic rings. The number of carbonyl (C=O) groups excluding carboxylic acids is 1. The van der Waals surface area contributed by atoms with E-state index < -0.39 is 0 Å². The molecule has 1 amide bonds. The molecule has 3 rings (SSSR count). The zero-order chi connectivity index (χ0) is 14.2. The highest BCUT2D eigenvalue weighted by Gasteiger charge is 2.43. The van der Waals surface area contributed by atoms with E-state index in [1.807, 2.05) is 23.1 Å². The average molecular weight is 274 g/mol. The molecule has 2 heterocycles. The summed E-state index contributed by atoms with van der Waals surface area (Å²) in [6.07, 6.45) is 1.14. The number of piperidine rings is 1. The molecular formula is C14H18N4O2. The molecule has 0 bridgehead atoms. The normalized spacial score (nSPS) is 20.6. The Morgan fingerprint density at radius 2 is 2.05 bits per heavy atom. The third-order valence-electron chi connectivity index (χ3n) is 4.07. The molecule has 6 heteroatoms. The number of nitrogens with one attached hydrogen (secondary N) is 2. The standard InChI is InChI=1S/C14H18N4O2/c15-11-4-2-1-3-10(11)12(16)18-7-5-14(6-8-18)9-17-13(19)20-14/h1-4,16H,5-9,15H2,(H,17,19). The van der Waals surface area contributed by atoms with Gasteiger partial charge in [0.15, 0.2) is 0 Å². The van der Waals surface area contributed by atoms with Crippen LogP contribution >= 0.6 is 0 Å². The van der Waals surface area contributed by atoms with Crippen LogP contribution in [0.1, 0.15) is 18.4 Å². The fraction of sp³-hybridized carbons (Fsp3) is 0.429. The number of benzene rings is 1. The zero-order valence-corrected chi connectivity index (χ0v) is 11.2. The number of alkyl carbamates (subject to hydrolysis) is 1. The predicted octanol–water partition coefficient (Wildman–Crippen LogP) is 1.17. The van der Waals surface area contributed by atoms with Crippen LogP contribution in [0.25, 0.3) is 0 Å². The number of hydrogen-bond acceptors (Lipinski definition) is 4. The van der Waals surface area contributed by atoms with Gasteiger partial charge < -0.3 is 20.7 Å². The molecule has 1 aromatic rings. The molecule has 1 spiro atoms. The smallest absolute Gasteiger partial charge is 0.407 e. The van der Waals surface area contributed by atoms with Crippen molar-refractivity contribution in [3.8, 4) is 0 Å². The highest BCUT2D eigenvalue weighted by Crippen LogP contribution is 2.30. The summed E-state index contributed by atoms with van der Waals surface area (Å²) < 4.78 is 5.38. The van der Waals surface area contributed by atoms with Gasteiger partial charge in [-0.25, -0.2) is 4.79 Å². The Morgan fingerprint density at radius 3 is 2.65 bits per heavy atom. The average Bonchev–Trinajstić information content (AvgIpc) is 2.81. The van der Waals surface area contributed by atoms with Gasteiger partial charge in [-0.1, -0.05) is 12.1 Å². The third kappa shape index (κ3) is 2.17. The van der Waals surface area contributed by atoms with Crippen molar-refractivity contribution in [1.29, 1.82) is 5.41 Å². The van der Waals surface area contributed by atoms with E-state index in [0.29, 0.717) is 31.2 Å². The molecule has 4 N–H and O–H groups in total. The zero-order valence-electron chi connectivity index (χ0n) is 11.2. The van der Waals surface area contributed by atoms with Crippen molar-refractivity contribution in [3.05, 3.63) is 29.8 Å². The molecule has 0 unspecified atom stereocenters. The number of nitrogens with two attached hydrogens (primary N) is 1. The third-order valence-corrected chi connectivity index (χ3v) is 4.07. The van der Waals surface area contributed by atoms with Crippen LogP contribution in [-0.2, 0) is 4.74 Å².